The molecule has 1 heterocycles. The third-order valence-corrected chi connectivity index (χ3v) is 5.84. The van der Waals surface area contributed by atoms with Crippen LogP contribution in [0.15, 0.2) is 54.6 Å². The third kappa shape index (κ3) is 9.01. The number of aliphatic hydroxyl groups excluding tert-OH is 2. The van der Waals surface area contributed by atoms with E-state index in [1.54, 1.807) is 25.3 Å². The second kappa shape index (κ2) is 14.9. The second-order valence-corrected chi connectivity index (χ2v) is 9.14. The van der Waals surface area contributed by atoms with Gasteiger partial charge in [0.05, 0.1) is 37.1 Å². The molecule has 0 aliphatic heterocycles. The molecule has 0 aliphatic rings. The molecule has 3 rings (SSSR count). The Balaban J connectivity index is 0.00000533. The predicted octanol–water partition coefficient (Wildman–Crippen LogP) is 3.02. The van der Waals surface area contributed by atoms with Gasteiger partial charge in [0.25, 0.3) is 5.91 Å². The van der Waals surface area contributed by atoms with E-state index in [-0.39, 0.29) is 54.1 Å². The first kappa shape index (κ1) is 32.2. The number of amides is 1. The van der Waals surface area contributed by atoms with E-state index in [9.17, 15) is 24.2 Å². The second-order valence-electron chi connectivity index (χ2n) is 9.14. The number of halogens is 1. The van der Waals surface area contributed by atoms with E-state index in [0.29, 0.717) is 22.7 Å². The van der Waals surface area contributed by atoms with E-state index in [1.165, 1.54) is 35.0 Å². The zero-order chi connectivity index (χ0) is 27.8. The van der Waals surface area contributed by atoms with Gasteiger partial charge in [0.15, 0.2) is 5.69 Å². The van der Waals surface area contributed by atoms with Gasteiger partial charge in [-0.2, -0.15) is 5.10 Å². The first-order valence-corrected chi connectivity index (χ1v) is 12.1. The first-order chi connectivity index (χ1) is 18.1. The number of nitrogens with zero attached hydrogens (tertiary/aromatic N) is 2. The molecule has 11 heteroatoms. The third-order valence-electron chi connectivity index (χ3n) is 5.84. The van der Waals surface area contributed by atoms with E-state index < -0.39 is 36.3 Å². The summed E-state index contributed by atoms with van der Waals surface area (Å²) < 4.78 is 20.3. The summed E-state index contributed by atoms with van der Waals surface area (Å²) in [5.41, 5.74) is 2.65. The number of benzene rings is 2. The molecule has 0 aliphatic carbocycles. The van der Waals surface area contributed by atoms with Crippen molar-refractivity contribution in [1.82, 2.24) is 15.1 Å². The first-order valence-electron chi connectivity index (χ1n) is 12.1. The standard InChI is InChI=1S/C28H32FN3O6.Na.H/c1-17(2)26-24(13-10-21(33)14-22(34)15-25(35)36)32(20-8-6-19(29)7-9-20)31-27(26)28(37)30-16-18-4-11-23(38-3)12-5-18;;/h4-13,17,21-22,33-34H,14-16H2,1-3H3,(H,30,37)(H,35,36);;/b13-10+;;/t21-,22+;;/m0../s1. The Morgan fingerprint density at radius 1 is 1.10 bits per heavy atom. The van der Waals surface area contributed by atoms with Crippen molar-refractivity contribution in [3.63, 3.8) is 0 Å². The van der Waals surface area contributed by atoms with Gasteiger partial charge in [0.1, 0.15) is 11.6 Å². The Morgan fingerprint density at radius 3 is 2.31 bits per heavy atom. The molecular weight excluding hydrogens is 516 g/mol. The number of aromatic nitrogens is 2. The van der Waals surface area contributed by atoms with Crippen molar-refractivity contribution >= 4 is 47.5 Å². The van der Waals surface area contributed by atoms with Crippen LogP contribution in [0.25, 0.3) is 11.8 Å². The summed E-state index contributed by atoms with van der Waals surface area (Å²) >= 11 is 0. The quantitative estimate of drug-likeness (QED) is 0.255. The number of carboxylic acids is 1. The van der Waals surface area contributed by atoms with E-state index in [2.05, 4.69) is 10.4 Å². The molecule has 0 saturated heterocycles. The van der Waals surface area contributed by atoms with E-state index in [0.717, 1.165) is 5.56 Å². The van der Waals surface area contributed by atoms with Crippen LogP contribution in [0.5, 0.6) is 5.75 Å². The molecule has 0 radical (unpaired) electrons. The molecular formula is C28H33FN3NaO6. The van der Waals surface area contributed by atoms with Crippen LogP contribution in [-0.2, 0) is 11.3 Å². The summed E-state index contributed by atoms with van der Waals surface area (Å²) in [7, 11) is 1.57. The zero-order valence-corrected chi connectivity index (χ0v) is 21.5. The number of ether oxygens (including phenoxy) is 1. The number of carbonyl (C=O) groups excluding carboxylic acids is 1. The van der Waals surface area contributed by atoms with Crippen LogP contribution in [0, 0.1) is 5.82 Å². The summed E-state index contributed by atoms with van der Waals surface area (Å²) in [6.07, 6.45) is -0.0587. The number of hydrogen-bond acceptors (Lipinski definition) is 6. The molecule has 2 aromatic carbocycles. The van der Waals surface area contributed by atoms with Gasteiger partial charge in [-0.15, -0.1) is 0 Å². The summed E-state index contributed by atoms with van der Waals surface area (Å²) in [6.45, 7) is 4.06. The topological polar surface area (TPSA) is 134 Å². The van der Waals surface area contributed by atoms with Gasteiger partial charge in [0.2, 0.25) is 0 Å². The van der Waals surface area contributed by atoms with Crippen LogP contribution < -0.4 is 10.1 Å². The molecule has 204 valence electrons. The summed E-state index contributed by atoms with van der Waals surface area (Å²) in [5.74, 6) is -1.45. The number of carboxylic acid groups (broad SMARTS) is 1. The van der Waals surface area contributed by atoms with Crippen molar-refractivity contribution in [3.8, 4) is 11.4 Å². The summed E-state index contributed by atoms with van der Waals surface area (Å²) in [5, 5.41) is 36.5. The molecule has 3 aromatic rings. The fraction of sp³-hybridized carbons (Fsp3) is 0.321. The van der Waals surface area contributed by atoms with Crippen molar-refractivity contribution in [2.75, 3.05) is 7.11 Å². The minimum atomic E-state index is -1.22. The van der Waals surface area contributed by atoms with Gasteiger partial charge in [0, 0.05) is 18.5 Å². The molecule has 1 amide bonds. The molecule has 1 aromatic heterocycles. The van der Waals surface area contributed by atoms with Crippen molar-refractivity contribution in [3.05, 3.63) is 82.9 Å². The molecule has 0 bridgehead atoms. The van der Waals surface area contributed by atoms with Crippen LogP contribution in [0.3, 0.4) is 0 Å². The average molecular weight is 550 g/mol. The number of nitrogens with one attached hydrogen (secondary N) is 1. The van der Waals surface area contributed by atoms with Crippen molar-refractivity contribution in [1.29, 1.82) is 0 Å². The van der Waals surface area contributed by atoms with Crippen LogP contribution in [0.4, 0.5) is 4.39 Å². The molecule has 0 spiro atoms. The zero-order valence-electron chi connectivity index (χ0n) is 21.5. The van der Waals surface area contributed by atoms with Gasteiger partial charge in [-0.1, -0.05) is 32.1 Å². The molecule has 0 saturated carbocycles. The van der Waals surface area contributed by atoms with Crippen LogP contribution >= 0.6 is 0 Å². The van der Waals surface area contributed by atoms with Crippen molar-refractivity contribution < 1.29 is 34.0 Å². The van der Waals surface area contributed by atoms with Gasteiger partial charge in [-0.05, 0) is 54.0 Å². The van der Waals surface area contributed by atoms with Crippen molar-refractivity contribution in [2.45, 2.75) is 51.4 Å². The SMILES string of the molecule is COc1ccc(CNC(=O)c2nn(-c3ccc(F)cc3)c(/C=C/[C@H](O)C[C@@H](O)CC(=O)O)c2C(C)C)cc1.[NaH]. The molecule has 2 atom stereocenters. The molecule has 9 nitrogen and oxygen atoms in total. The Bertz CT molecular complexity index is 1280. The van der Waals surface area contributed by atoms with Crippen LogP contribution in [0.1, 0.15) is 59.9 Å². The Morgan fingerprint density at radius 2 is 1.74 bits per heavy atom. The summed E-state index contributed by atoms with van der Waals surface area (Å²) in [6, 6.07) is 12.9. The number of hydrogen-bond donors (Lipinski definition) is 4. The molecule has 0 unspecified atom stereocenters. The fourth-order valence-electron chi connectivity index (χ4n) is 3.97. The number of methoxy groups -OCH3 is 1. The van der Waals surface area contributed by atoms with Crippen LogP contribution in [0.2, 0.25) is 0 Å². The van der Waals surface area contributed by atoms with Gasteiger partial charge >= 0.3 is 35.5 Å². The summed E-state index contributed by atoms with van der Waals surface area (Å²) in [4.78, 5) is 24.1. The van der Waals surface area contributed by atoms with Crippen molar-refractivity contribution in [2.24, 2.45) is 0 Å². The Kier molecular flexibility index (Phi) is 12.3. The monoisotopic (exact) mass is 549 g/mol. The molecule has 39 heavy (non-hydrogen) atoms. The Hall–Kier alpha value is -3.02. The van der Waals surface area contributed by atoms with E-state index in [4.69, 9.17) is 9.84 Å². The molecule has 4 N–H and O–H groups in total. The number of aliphatic carboxylic acids is 1. The van der Waals surface area contributed by atoms with E-state index >= 15 is 0 Å². The molecule has 0 fully saturated rings. The number of rotatable bonds is 12. The van der Waals surface area contributed by atoms with E-state index in [1.807, 2.05) is 26.0 Å². The van der Waals surface area contributed by atoms with Gasteiger partial charge in [-0.25, -0.2) is 9.07 Å². The normalized spacial score (nSPS) is 12.7. The average Bonchev–Trinajstić information content (AvgIpc) is 3.26. The van der Waals surface area contributed by atoms with Gasteiger partial charge < -0.3 is 25.4 Å². The predicted molar refractivity (Wildman–Crippen MR) is 147 cm³/mol. The van der Waals surface area contributed by atoms with Crippen LogP contribution in [-0.4, -0.2) is 85.9 Å². The number of carbonyl (C=O) groups is 2. The number of aliphatic hydroxyl groups is 2. The fourth-order valence-corrected chi connectivity index (χ4v) is 3.97. The Labute approximate surface area is 248 Å². The maximum atomic E-state index is 13.6. The minimum absolute atomic E-state index is 0. The maximum absolute atomic E-state index is 13.6. The van der Waals surface area contributed by atoms with Gasteiger partial charge in [-0.3, -0.25) is 9.59 Å².